The molecule has 1 aliphatic heterocycles. The summed E-state index contributed by atoms with van der Waals surface area (Å²) < 4.78 is 5.18. The quantitative estimate of drug-likeness (QED) is 0.886. The number of aryl methyl sites for hydroxylation is 1. The molecular formula is C19H24N2O2. The first-order valence-corrected chi connectivity index (χ1v) is 8.32. The van der Waals surface area contributed by atoms with Crippen LogP contribution in [0.2, 0.25) is 0 Å². The second-order valence-electron chi connectivity index (χ2n) is 6.14. The Labute approximate surface area is 137 Å². The predicted molar refractivity (Wildman–Crippen MR) is 91.9 cm³/mol. The van der Waals surface area contributed by atoms with E-state index >= 15 is 0 Å². The molecule has 122 valence electrons. The minimum atomic E-state index is 0.290. The van der Waals surface area contributed by atoms with E-state index in [1.165, 1.54) is 19.3 Å². The van der Waals surface area contributed by atoms with Crippen molar-refractivity contribution in [2.24, 2.45) is 0 Å². The van der Waals surface area contributed by atoms with Crippen molar-refractivity contribution in [3.05, 3.63) is 42.0 Å². The van der Waals surface area contributed by atoms with Gasteiger partial charge >= 0.3 is 0 Å². The second-order valence-corrected chi connectivity index (χ2v) is 6.14. The SMILES string of the molecule is COc1cccc(-c2cc(O)cc(CC[C@H]3CCCCN3)c2)n1. The molecule has 4 heteroatoms. The van der Waals surface area contributed by atoms with Gasteiger partial charge in [-0.25, -0.2) is 4.98 Å². The molecule has 2 N–H and O–H groups in total. The third kappa shape index (κ3) is 4.23. The van der Waals surface area contributed by atoms with Crippen molar-refractivity contribution in [2.75, 3.05) is 13.7 Å². The number of piperidine rings is 1. The predicted octanol–water partition coefficient (Wildman–Crippen LogP) is 3.54. The first-order chi connectivity index (χ1) is 11.2. The Hall–Kier alpha value is -2.07. The van der Waals surface area contributed by atoms with Crippen LogP contribution in [0.1, 0.15) is 31.2 Å². The van der Waals surface area contributed by atoms with Gasteiger partial charge in [0.15, 0.2) is 0 Å². The molecule has 0 saturated carbocycles. The highest BCUT2D eigenvalue weighted by Gasteiger charge is 2.13. The molecule has 1 atom stereocenters. The molecule has 4 nitrogen and oxygen atoms in total. The van der Waals surface area contributed by atoms with E-state index in [0.29, 0.717) is 17.7 Å². The molecule has 0 spiro atoms. The number of aromatic hydroxyl groups is 1. The summed E-state index contributed by atoms with van der Waals surface area (Å²) in [6.07, 6.45) is 5.92. The Morgan fingerprint density at radius 3 is 2.96 bits per heavy atom. The van der Waals surface area contributed by atoms with E-state index in [9.17, 15) is 5.11 Å². The third-order valence-corrected chi connectivity index (χ3v) is 4.40. The highest BCUT2D eigenvalue weighted by molar-refractivity contribution is 5.63. The van der Waals surface area contributed by atoms with Crippen molar-refractivity contribution in [2.45, 2.75) is 38.1 Å². The molecule has 23 heavy (non-hydrogen) atoms. The molecular weight excluding hydrogens is 288 g/mol. The van der Waals surface area contributed by atoms with Crippen LogP contribution in [0, 0.1) is 0 Å². The summed E-state index contributed by atoms with van der Waals surface area (Å²) in [5.74, 6) is 0.873. The zero-order valence-corrected chi connectivity index (χ0v) is 13.6. The summed E-state index contributed by atoms with van der Waals surface area (Å²) in [7, 11) is 1.61. The highest BCUT2D eigenvalue weighted by atomic mass is 16.5. The molecule has 2 heterocycles. The van der Waals surface area contributed by atoms with Crippen LogP contribution in [-0.4, -0.2) is 29.8 Å². The number of rotatable bonds is 5. The number of aromatic nitrogens is 1. The van der Waals surface area contributed by atoms with Crippen molar-refractivity contribution in [1.82, 2.24) is 10.3 Å². The molecule has 1 aromatic heterocycles. The molecule has 0 radical (unpaired) electrons. The Morgan fingerprint density at radius 1 is 1.26 bits per heavy atom. The lowest BCUT2D eigenvalue weighted by molar-refractivity contribution is 0.382. The maximum atomic E-state index is 10.0. The monoisotopic (exact) mass is 312 g/mol. The Kier molecular flexibility index (Phi) is 5.13. The van der Waals surface area contributed by atoms with Crippen LogP contribution in [0.4, 0.5) is 0 Å². The van der Waals surface area contributed by atoms with Gasteiger partial charge in [-0.3, -0.25) is 0 Å². The van der Waals surface area contributed by atoms with Gasteiger partial charge in [0.25, 0.3) is 0 Å². The first-order valence-electron chi connectivity index (χ1n) is 8.32. The maximum Gasteiger partial charge on any atom is 0.213 e. The maximum absolute atomic E-state index is 10.0. The summed E-state index contributed by atoms with van der Waals surface area (Å²) in [5.41, 5.74) is 2.89. The number of nitrogens with one attached hydrogen (secondary N) is 1. The van der Waals surface area contributed by atoms with Gasteiger partial charge in [-0.05, 0) is 62.1 Å². The fourth-order valence-corrected chi connectivity index (χ4v) is 3.17. The van der Waals surface area contributed by atoms with E-state index in [1.54, 1.807) is 13.2 Å². The average Bonchev–Trinajstić information content (AvgIpc) is 2.60. The van der Waals surface area contributed by atoms with Crippen molar-refractivity contribution in [3.8, 4) is 22.9 Å². The van der Waals surface area contributed by atoms with Gasteiger partial charge in [0.05, 0.1) is 12.8 Å². The topological polar surface area (TPSA) is 54.4 Å². The molecule has 1 aromatic carbocycles. The summed E-state index contributed by atoms with van der Waals surface area (Å²) in [6.45, 7) is 1.13. The fourth-order valence-electron chi connectivity index (χ4n) is 3.17. The lowest BCUT2D eigenvalue weighted by Gasteiger charge is -2.23. The van der Waals surface area contributed by atoms with Crippen LogP contribution < -0.4 is 10.1 Å². The minimum Gasteiger partial charge on any atom is -0.508 e. The number of phenols is 1. The van der Waals surface area contributed by atoms with E-state index in [1.807, 2.05) is 24.3 Å². The smallest absolute Gasteiger partial charge is 0.213 e. The van der Waals surface area contributed by atoms with Crippen molar-refractivity contribution in [3.63, 3.8) is 0 Å². The largest absolute Gasteiger partial charge is 0.508 e. The number of hydrogen-bond donors (Lipinski definition) is 2. The number of ether oxygens (including phenoxy) is 1. The average molecular weight is 312 g/mol. The van der Waals surface area contributed by atoms with Gasteiger partial charge in [0, 0.05) is 17.7 Å². The van der Waals surface area contributed by atoms with Gasteiger partial charge in [0.2, 0.25) is 5.88 Å². The molecule has 0 bridgehead atoms. The van der Waals surface area contributed by atoms with Crippen LogP contribution in [0.25, 0.3) is 11.3 Å². The molecule has 0 amide bonds. The van der Waals surface area contributed by atoms with Crippen molar-refractivity contribution < 1.29 is 9.84 Å². The highest BCUT2D eigenvalue weighted by Crippen LogP contribution is 2.26. The third-order valence-electron chi connectivity index (χ3n) is 4.40. The number of nitrogens with zero attached hydrogens (tertiary/aromatic N) is 1. The molecule has 1 saturated heterocycles. The lowest BCUT2D eigenvalue weighted by Crippen LogP contribution is -2.34. The number of pyridine rings is 1. The zero-order valence-electron chi connectivity index (χ0n) is 13.6. The van der Waals surface area contributed by atoms with Gasteiger partial charge in [-0.1, -0.05) is 12.5 Å². The molecule has 0 unspecified atom stereocenters. The van der Waals surface area contributed by atoms with E-state index in [0.717, 1.165) is 36.2 Å². The van der Waals surface area contributed by atoms with E-state index < -0.39 is 0 Å². The Balaban J connectivity index is 1.75. The lowest BCUT2D eigenvalue weighted by atomic mass is 9.96. The fraction of sp³-hybridized carbons (Fsp3) is 0.421. The summed E-state index contributed by atoms with van der Waals surface area (Å²) in [4.78, 5) is 4.45. The van der Waals surface area contributed by atoms with Crippen LogP contribution in [0.3, 0.4) is 0 Å². The minimum absolute atomic E-state index is 0.290. The van der Waals surface area contributed by atoms with Gasteiger partial charge in [-0.2, -0.15) is 0 Å². The number of methoxy groups -OCH3 is 1. The molecule has 3 rings (SSSR count). The number of benzene rings is 1. The van der Waals surface area contributed by atoms with Gasteiger partial charge in [0.1, 0.15) is 5.75 Å². The van der Waals surface area contributed by atoms with Crippen molar-refractivity contribution in [1.29, 1.82) is 0 Å². The second kappa shape index (κ2) is 7.47. The van der Waals surface area contributed by atoms with Crippen molar-refractivity contribution >= 4 is 0 Å². The number of hydrogen-bond acceptors (Lipinski definition) is 4. The molecule has 1 aliphatic rings. The Bertz CT molecular complexity index is 652. The molecule has 2 aromatic rings. The normalized spacial score (nSPS) is 17.9. The summed E-state index contributed by atoms with van der Waals surface area (Å²) >= 11 is 0. The zero-order chi connectivity index (χ0) is 16.1. The van der Waals surface area contributed by atoms with Crippen LogP contribution in [0.15, 0.2) is 36.4 Å². The van der Waals surface area contributed by atoms with Crippen LogP contribution >= 0.6 is 0 Å². The standard InChI is InChI=1S/C19H24N2O2/c1-23-19-7-4-6-18(21-19)15-11-14(12-17(22)13-15)8-9-16-5-2-3-10-20-16/h4,6-7,11-13,16,20,22H,2-3,5,8-10H2,1H3/t16-/m1/s1. The summed E-state index contributed by atoms with van der Waals surface area (Å²) in [5, 5.41) is 13.6. The number of phenolic OH excluding ortho intramolecular Hbond substituents is 1. The van der Waals surface area contributed by atoms with Crippen LogP contribution in [-0.2, 0) is 6.42 Å². The molecule has 1 fully saturated rings. The molecule has 0 aliphatic carbocycles. The van der Waals surface area contributed by atoms with E-state index in [4.69, 9.17) is 4.74 Å². The first kappa shape index (κ1) is 15.8. The van der Waals surface area contributed by atoms with Crippen LogP contribution in [0.5, 0.6) is 11.6 Å². The van der Waals surface area contributed by atoms with Gasteiger partial charge < -0.3 is 15.2 Å². The van der Waals surface area contributed by atoms with E-state index in [2.05, 4.69) is 16.4 Å². The van der Waals surface area contributed by atoms with E-state index in [-0.39, 0.29) is 0 Å². The van der Waals surface area contributed by atoms with Gasteiger partial charge in [-0.15, -0.1) is 0 Å². The Morgan fingerprint density at radius 2 is 2.17 bits per heavy atom. The summed E-state index contributed by atoms with van der Waals surface area (Å²) in [6, 6.07) is 12.0.